The second-order valence-electron chi connectivity index (χ2n) is 5.10. The molecule has 0 saturated heterocycles. The Morgan fingerprint density at radius 2 is 2.09 bits per heavy atom. The summed E-state index contributed by atoms with van der Waals surface area (Å²) in [5.41, 5.74) is 1.87. The minimum absolute atomic E-state index is 0.0315. The maximum Gasteiger partial charge on any atom is 0.261 e. The Bertz CT molecular complexity index is 702. The Morgan fingerprint density at radius 1 is 1.27 bits per heavy atom. The molecule has 1 amide bonds. The van der Waals surface area contributed by atoms with Gasteiger partial charge in [-0.05, 0) is 24.3 Å². The van der Waals surface area contributed by atoms with E-state index in [1.54, 1.807) is 24.1 Å². The van der Waals surface area contributed by atoms with Crippen molar-refractivity contribution < 1.29 is 14.3 Å². The minimum atomic E-state index is -0.0572. The molecule has 1 heterocycles. The standard InChI is InChI=1S/C17H16ClNO3/c1-21-15-5-3-2-4-12(15)9-19-10-13-8-14(18)6-7-16(13)22-11-17(19)20/h2-8H,9-11H2,1H3. The molecular formula is C17H16ClNO3. The molecule has 3 rings (SSSR count). The van der Waals surface area contributed by atoms with Gasteiger partial charge in [0.2, 0.25) is 0 Å². The molecule has 0 fully saturated rings. The fourth-order valence-corrected chi connectivity index (χ4v) is 2.71. The monoisotopic (exact) mass is 317 g/mol. The van der Waals surface area contributed by atoms with E-state index in [4.69, 9.17) is 21.1 Å². The fraction of sp³-hybridized carbons (Fsp3) is 0.235. The van der Waals surface area contributed by atoms with Crippen LogP contribution in [0.3, 0.4) is 0 Å². The van der Waals surface area contributed by atoms with Crippen molar-refractivity contribution in [2.75, 3.05) is 13.7 Å². The lowest BCUT2D eigenvalue weighted by Gasteiger charge is -2.21. The summed E-state index contributed by atoms with van der Waals surface area (Å²) >= 11 is 6.04. The Labute approximate surface area is 134 Å². The van der Waals surface area contributed by atoms with Crippen molar-refractivity contribution in [3.63, 3.8) is 0 Å². The molecule has 2 aromatic rings. The van der Waals surface area contributed by atoms with Crippen LogP contribution < -0.4 is 9.47 Å². The first kappa shape index (κ1) is 14.7. The highest BCUT2D eigenvalue weighted by Gasteiger charge is 2.22. The van der Waals surface area contributed by atoms with Gasteiger partial charge in [-0.25, -0.2) is 0 Å². The van der Waals surface area contributed by atoms with Gasteiger partial charge in [0.15, 0.2) is 6.61 Å². The van der Waals surface area contributed by atoms with E-state index in [1.807, 2.05) is 30.3 Å². The fourth-order valence-electron chi connectivity index (χ4n) is 2.52. The normalized spacial score (nSPS) is 14.1. The molecule has 0 radical (unpaired) electrons. The highest BCUT2D eigenvalue weighted by atomic mass is 35.5. The molecule has 0 N–H and O–H groups in total. The molecule has 22 heavy (non-hydrogen) atoms. The molecule has 0 saturated carbocycles. The summed E-state index contributed by atoms with van der Waals surface area (Å²) in [6.45, 7) is 0.967. The lowest BCUT2D eigenvalue weighted by Crippen LogP contribution is -2.32. The van der Waals surface area contributed by atoms with Crippen LogP contribution in [0.5, 0.6) is 11.5 Å². The van der Waals surface area contributed by atoms with Gasteiger partial charge in [0.25, 0.3) is 5.91 Å². The number of hydrogen-bond donors (Lipinski definition) is 0. The number of para-hydroxylation sites is 1. The van der Waals surface area contributed by atoms with E-state index in [0.29, 0.717) is 23.9 Å². The molecule has 0 unspecified atom stereocenters. The van der Waals surface area contributed by atoms with Gasteiger partial charge in [0, 0.05) is 29.2 Å². The van der Waals surface area contributed by atoms with Crippen LogP contribution in [-0.2, 0) is 17.9 Å². The maximum atomic E-state index is 12.3. The Kier molecular flexibility index (Phi) is 4.20. The lowest BCUT2D eigenvalue weighted by molar-refractivity contribution is -0.133. The largest absolute Gasteiger partial charge is 0.496 e. The van der Waals surface area contributed by atoms with Crippen LogP contribution in [0.1, 0.15) is 11.1 Å². The van der Waals surface area contributed by atoms with Gasteiger partial charge in [-0.15, -0.1) is 0 Å². The maximum absolute atomic E-state index is 12.3. The molecule has 0 spiro atoms. The number of halogens is 1. The van der Waals surface area contributed by atoms with Crippen molar-refractivity contribution in [2.45, 2.75) is 13.1 Å². The van der Waals surface area contributed by atoms with Crippen LogP contribution in [0.2, 0.25) is 5.02 Å². The predicted molar refractivity (Wildman–Crippen MR) is 84.2 cm³/mol. The Hall–Kier alpha value is -2.20. The topological polar surface area (TPSA) is 38.8 Å². The molecule has 0 aliphatic carbocycles. The summed E-state index contributed by atoms with van der Waals surface area (Å²) in [6, 6.07) is 13.1. The van der Waals surface area contributed by atoms with Gasteiger partial charge < -0.3 is 14.4 Å². The molecule has 2 aromatic carbocycles. The van der Waals surface area contributed by atoms with Crippen LogP contribution in [0.4, 0.5) is 0 Å². The number of fused-ring (bicyclic) bond motifs is 1. The van der Waals surface area contributed by atoms with Gasteiger partial charge in [0.1, 0.15) is 11.5 Å². The number of ether oxygens (including phenoxy) is 2. The highest BCUT2D eigenvalue weighted by Crippen LogP contribution is 2.28. The van der Waals surface area contributed by atoms with Crippen LogP contribution in [-0.4, -0.2) is 24.5 Å². The van der Waals surface area contributed by atoms with Crippen LogP contribution in [0.25, 0.3) is 0 Å². The second kappa shape index (κ2) is 6.28. The number of benzene rings is 2. The third-order valence-corrected chi connectivity index (χ3v) is 3.88. The number of carbonyl (C=O) groups excluding carboxylic acids is 1. The first-order valence-corrected chi connectivity index (χ1v) is 7.36. The van der Waals surface area contributed by atoms with E-state index in [-0.39, 0.29) is 12.5 Å². The highest BCUT2D eigenvalue weighted by molar-refractivity contribution is 6.30. The van der Waals surface area contributed by atoms with Crippen molar-refractivity contribution in [1.82, 2.24) is 4.90 Å². The summed E-state index contributed by atoms with van der Waals surface area (Å²) in [7, 11) is 1.63. The molecule has 1 aliphatic heterocycles. The van der Waals surface area contributed by atoms with Crippen LogP contribution in [0.15, 0.2) is 42.5 Å². The second-order valence-corrected chi connectivity index (χ2v) is 5.54. The average molecular weight is 318 g/mol. The van der Waals surface area contributed by atoms with Crippen LogP contribution in [0, 0.1) is 0 Å². The van der Waals surface area contributed by atoms with E-state index < -0.39 is 0 Å². The quantitative estimate of drug-likeness (QED) is 0.872. The SMILES string of the molecule is COc1ccccc1CN1Cc2cc(Cl)ccc2OCC1=O. The third-order valence-electron chi connectivity index (χ3n) is 3.64. The number of amides is 1. The summed E-state index contributed by atoms with van der Waals surface area (Å²) in [4.78, 5) is 14.0. The van der Waals surface area contributed by atoms with Crippen molar-refractivity contribution in [2.24, 2.45) is 0 Å². The third kappa shape index (κ3) is 3.02. The summed E-state index contributed by atoms with van der Waals surface area (Å²) in [6.07, 6.45) is 0. The van der Waals surface area contributed by atoms with Gasteiger partial charge in [-0.2, -0.15) is 0 Å². The van der Waals surface area contributed by atoms with Crippen molar-refractivity contribution in [1.29, 1.82) is 0 Å². The Morgan fingerprint density at radius 3 is 2.91 bits per heavy atom. The van der Waals surface area contributed by atoms with E-state index in [0.717, 1.165) is 16.9 Å². The summed E-state index contributed by atoms with van der Waals surface area (Å²) in [5.74, 6) is 1.42. The zero-order chi connectivity index (χ0) is 15.5. The lowest BCUT2D eigenvalue weighted by atomic mass is 10.1. The number of hydrogen-bond acceptors (Lipinski definition) is 3. The summed E-state index contributed by atoms with van der Waals surface area (Å²) < 4.78 is 10.9. The molecule has 0 bridgehead atoms. The van der Waals surface area contributed by atoms with Crippen molar-refractivity contribution in [3.05, 3.63) is 58.6 Å². The molecule has 5 heteroatoms. The number of nitrogens with zero attached hydrogens (tertiary/aromatic N) is 1. The molecule has 114 valence electrons. The van der Waals surface area contributed by atoms with E-state index >= 15 is 0 Å². The smallest absolute Gasteiger partial charge is 0.261 e. The van der Waals surface area contributed by atoms with E-state index in [1.165, 1.54) is 0 Å². The Balaban J connectivity index is 1.88. The first-order chi connectivity index (χ1) is 10.7. The van der Waals surface area contributed by atoms with Crippen LogP contribution >= 0.6 is 11.6 Å². The molecule has 0 atom stereocenters. The van der Waals surface area contributed by atoms with E-state index in [2.05, 4.69) is 0 Å². The van der Waals surface area contributed by atoms with Gasteiger partial charge >= 0.3 is 0 Å². The van der Waals surface area contributed by atoms with Gasteiger partial charge in [0.05, 0.1) is 7.11 Å². The van der Waals surface area contributed by atoms with Crippen molar-refractivity contribution >= 4 is 17.5 Å². The average Bonchev–Trinajstić information content (AvgIpc) is 2.67. The predicted octanol–water partition coefficient (Wildman–Crippen LogP) is 3.27. The molecule has 0 aromatic heterocycles. The molecule has 4 nitrogen and oxygen atoms in total. The molecular weight excluding hydrogens is 302 g/mol. The minimum Gasteiger partial charge on any atom is -0.496 e. The number of carbonyl (C=O) groups is 1. The van der Waals surface area contributed by atoms with Gasteiger partial charge in [-0.3, -0.25) is 4.79 Å². The van der Waals surface area contributed by atoms with Crippen molar-refractivity contribution in [3.8, 4) is 11.5 Å². The zero-order valence-corrected chi connectivity index (χ0v) is 13.0. The summed E-state index contributed by atoms with van der Waals surface area (Å²) in [5, 5.41) is 0.633. The molecule has 1 aliphatic rings. The number of rotatable bonds is 3. The van der Waals surface area contributed by atoms with E-state index in [9.17, 15) is 4.79 Å². The van der Waals surface area contributed by atoms with Gasteiger partial charge in [-0.1, -0.05) is 29.8 Å². The first-order valence-electron chi connectivity index (χ1n) is 6.98. The zero-order valence-electron chi connectivity index (χ0n) is 12.2. The number of methoxy groups -OCH3 is 1.